The quantitative estimate of drug-likeness (QED) is 0.585. The molecule has 0 heterocycles. The first-order valence-electron chi connectivity index (χ1n) is 7.42. The molecule has 1 N–H and O–H groups in total. The van der Waals surface area contributed by atoms with Crippen molar-refractivity contribution < 1.29 is 23.9 Å². The average molecular weight is 319 g/mol. The van der Waals surface area contributed by atoms with Crippen LogP contribution in [0.15, 0.2) is 42.5 Å². The van der Waals surface area contributed by atoms with Crippen molar-refractivity contribution >= 4 is 17.8 Å². The van der Waals surface area contributed by atoms with E-state index in [1.807, 2.05) is 30.3 Å². The average Bonchev–Trinajstić information content (AvgIpc) is 2.57. The molecule has 0 aliphatic heterocycles. The van der Waals surface area contributed by atoms with Gasteiger partial charge in [0.2, 0.25) is 5.91 Å². The first-order chi connectivity index (χ1) is 11.1. The van der Waals surface area contributed by atoms with Crippen LogP contribution in [0.4, 0.5) is 0 Å². The Bertz CT molecular complexity index is 553. The number of carbonyl (C=O) groups is 3. The topological polar surface area (TPSA) is 81.7 Å². The van der Waals surface area contributed by atoms with E-state index in [9.17, 15) is 14.4 Å². The Morgan fingerprint density at radius 3 is 2.22 bits per heavy atom. The largest absolute Gasteiger partial charge is 0.463 e. The summed E-state index contributed by atoms with van der Waals surface area (Å²) in [6.07, 6.45) is 2.34. The van der Waals surface area contributed by atoms with Crippen LogP contribution < -0.4 is 5.32 Å². The van der Waals surface area contributed by atoms with E-state index in [0.29, 0.717) is 6.42 Å². The Labute approximate surface area is 135 Å². The van der Waals surface area contributed by atoms with Gasteiger partial charge in [0.05, 0.1) is 12.6 Å². The van der Waals surface area contributed by atoms with E-state index in [-0.39, 0.29) is 19.1 Å². The van der Waals surface area contributed by atoms with Crippen molar-refractivity contribution in [2.45, 2.75) is 26.3 Å². The third-order valence-corrected chi connectivity index (χ3v) is 2.89. The summed E-state index contributed by atoms with van der Waals surface area (Å²) in [5.74, 6) is -1.43. The lowest BCUT2D eigenvalue weighted by Gasteiger charge is -2.18. The van der Waals surface area contributed by atoms with Gasteiger partial charge >= 0.3 is 11.9 Å². The second kappa shape index (κ2) is 10.2. The zero-order chi connectivity index (χ0) is 17.1. The minimum absolute atomic E-state index is 0.0260. The molecule has 124 valence electrons. The van der Waals surface area contributed by atoms with Gasteiger partial charge in [0.15, 0.2) is 0 Å². The van der Waals surface area contributed by atoms with Crippen LogP contribution in [0.1, 0.15) is 31.9 Å². The number of benzene rings is 1. The molecule has 0 aliphatic carbocycles. The number of carbonyl (C=O) groups excluding carboxylic acids is 3. The van der Waals surface area contributed by atoms with Crippen LogP contribution in [-0.4, -0.2) is 31.1 Å². The first-order valence-corrected chi connectivity index (χ1v) is 7.42. The van der Waals surface area contributed by atoms with Crippen LogP contribution in [0, 0.1) is 0 Å². The molecule has 0 aliphatic rings. The van der Waals surface area contributed by atoms with Gasteiger partial charge in [-0.15, -0.1) is 0 Å². The molecule has 0 radical (unpaired) electrons. The molecule has 0 saturated heterocycles. The van der Waals surface area contributed by atoms with Gasteiger partial charge in [-0.3, -0.25) is 4.79 Å². The molecule has 0 fully saturated rings. The molecular weight excluding hydrogens is 298 g/mol. The lowest BCUT2D eigenvalue weighted by atomic mass is 10.1. The van der Waals surface area contributed by atoms with Crippen molar-refractivity contribution in [2.75, 3.05) is 13.2 Å². The van der Waals surface area contributed by atoms with Crippen LogP contribution in [-0.2, 0) is 23.9 Å². The van der Waals surface area contributed by atoms with Gasteiger partial charge < -0.3 is 14.8 Å². The summed E-state index contributed by atoms with van der Waals surface area (Å²) in [5.41, 5.74) is 0.830. The molecule has 1 aromatic rings. The molecule has 1 aromatic carbocycles. The van der Waals surface area contributed by atoms with Gasteiger partial charge in [0.25, 0.3) is 0 Å². The molecule has 23 heavy (non-hydrogen) atoms. The van der Waals surface area contributed by atoms with Crippen LogP contribution in [0.3, 0.4) is 0 Å². The summed E-state index contributed by atoms with van der Waals surface area (Å²) in [5, 5.41) is 2.79. The molecule has 1 atom stereocenters. The fraction of sp³-hybridized carbons (Fsp3) is 0.353. The zero-order valence-electron chi connectivity index (χ0n) is 13.3. The summed E-state index contributed by atoms with van der Waals surface area (Å²) in [4.78, 5) is 34.3. The van der Waals surface area contributed by atoms with Crippen LogP contribution in [0.2, 0.25) is 0 Å². The van der Waals surface area contributed by atoms with Gasteiger partial charge in [-0.05, 0) is 12.5 Å². The molecular formula is C17H21NO5. The summed E-state index contributed by atoms with van der Waals surface area (Å²) in [6, 6.07) is 8.76. The summed E-state index contributed by atoms with van der Waals surface area (Å²) < 4.78 is 9.75. The molecule has 0 aromatic heterocycles. The molecule has 0 saturated carbocycles. The number of hydrogen-bond donors (Lipinski definition) is 1. The van der Waals surface area contributed by atoms with Gasteiger partial charge in [-0.1, -0.05) is 37.3 Å². The minimum Gasteiger partial charge on any atom is -0.463 e. The van der Waals surface area contributed by atoms with Crippen LogP contribution in [0.25, 0.3) is 0 Å². The van der Waals surface area contributed by atoms with Gasteiger partial charge in [-0.25, -0.2) is 9.59 Å². The van der Waals surface area contributed by atoms with E-state index in [0.717, 1.165) is 17.7 Å². The normalized spacial score (nSPS) is 11.7. The van der Waals surface area contributed by atoms with Crippen molar-refractivity contribution in [3.05, 3.63) is 48.0 Å². The zero-order valence-corrected chi connectivity index (χ0v) is 13.3. The number of amides is 1. The molecule has 0 bridgehead atoms. The number of rotatable bonds is 8. The van der Waals surface area contributed by atoms with E-state index in [4.69, 9.17) is 4.74 Å². The second-order valence-corrected chi connectivity index (χ2v) is 4.60. The number of ether oxygens (including phenoxy) is 2. The highest BCUT2D eigenvalue weighted by molar-refractivity contribution is 5.91. The SMILES string of the molecule is CCOC(=O)/C=C/C(=O)OCC(NC(=O)CC)c1ccccc1. The summed E-state index contributed by atoms with van der Waals surface area (Å²) >= 11 is 0. The fourth-order valence-corrected chi connectivity index (χ4v) is 1.74. The van der Waals surface area contributed by atoms with Crippen molar-refractivity contribution in [3.8, 4) is 0 Å². The van der Waals surface area contributed by atoms with Crippen molar-refractivity contribution in [2.24, 2.45) is 0 Å². The predicted octanol–water partition coefficient (Wildman–Crippen LogP) is 1.92. The number of hydrogen-bond acceptors (Lipinski definition) is 5. The highest BCUT2D eigenvalue weighted by Gasteiger charge is 2.15. The molecule has 1 rings (SSSR count). The first kappa shape index (κ1) is 18.4. The third kappa shape index (κ3) is 7.26. The van der Waals surface area contributed by atoms with E-state index in [2.05, 4.69) is 10.1 Å². The summed E-state index contributed by atoms with van der Waals surface area (Å²) in [7, 11) is 0. The Hall–Kier alpha value is -2.63. The lowest BCUT2D eigenvalue weighted by molar-refractivity contribution is -0.141. The molecule has 6 heteroatoms. The monoisotopic (exact) mass is 319 g/mol. The summed E-state index contributed by atoms with van der Waals surface area (Å²) in [6.45, 7) is 3.62. The van der Waals surface area contributed by atoms with Gasteiger partial charge in [0.1, 0.15) is 6.61 Å². The highest BCUT2D eigenvalue weighted by atomic mass is 16.5. The van der Waals surface area contributed by atoms with Gasteiger partial charge in [-0.2, -0.15) is 0 Å². The Kier molecular flexibility index (Phi) is 8.13. The smallest absolute Gasteiger partial charge is 0.331 e. The predicted molar refractivity (Wildman–Crippen MR) is 84.3 cm³/mol. The maximum atomic E-state index is 11.6. The molecule has 1 amide bonds. The molecule has 6 nitrogen and oxygen atoms in total. The Balaban J connectivity index is 2.62. The van der Waals surface area contributed by atoms with Crippen molar-refractivity contribution in [3.63, 3.8) is 0 Å². The number of nitrogens with one attached hydrogen (secondary N) is 1. The van der Waals surface area contributed by atoms with E-state index < -0.39 is 18.0 Å². The Morgan fingerprint density at radius 2 is 1.65 bits per heavy atom. The Morgan fingerprint density at radius 1 is 1.04 bits per heavy atom. The van der Waals surface area contributed by atoms with Crippen LogP contribution >= 0.6 is 0 Å². The lowest BCUT2D eigenvalue weighted by Crippen LogP contribution is -2.31. The molecule has 1 unspecified atom stereocenters. The second-order valence-electron chi connectivity index (χ2n) is 4.60. The molecule has 0 spiro atoms. The fourth-order valence-electron chi connectivity index (χ4n) is 1.74. The highest BCUT2D eigenvalue weighted by Crippen LogP contribution is 2.13. The van der Waals surface area contributed by atoms with Gasteiger partial charge in [0, 0.05) is 18.6 Å². The number of esters is 2. The standard InChI is InChI=1S/C17H21NO5/c1-3-15(19)18-14(13-8-6-5-7-9-13)12-23-17(21)11-10-16(20)22-4-2/h5-11,14H,3-4,12H2,1-2H3,(H,18,19)/b11-10+. The van der Waals surface area contributed by atoms with Crippen LogP contribution in [0.5, 0.6) is 0 Å². The van der Waals surface area contributed by atoms with Crippen molar-refractivity contribution in [1.82, 2.24) is 5.32 Å². The van der Waals surface area contributed by atoms with E-state index >= 15 is 0 Å². The van der Waals surface area contributed by atoms with E-state index in [1.165, 1.54) is 0 Å². The third-order valence-electron chi connectivity index (χ3n) is 2.89. The van der Waals surface area contributed by atoms with Crippen molar-refractivity contribution in [1.29, 1.82) is 0 Å². The van der Waals surface area contributed by atoms with E-state index in [1.54, 1.807) is 13.8 Å². The maximum Gasteiger partial charge on any atom is 0.331 e. The maximum absolute atomic E-state index is 11.6. The minimum atomic E-state index is -0.676.